The van der Waals surface area contributed by atoms with E-state index in [1.165, 1.54) is 0 Å². The molecule has 0 saturated carbocycles. The van der Waals surface area contributed by atoms with Gasteiger partial charge in [-0.1, -0.05) is 18.2 Å². The van der Waals surface area contributed by atoms with E-state index < -0.39 is 10.0 Å². The zero-order chi connectivity index (χ0) is 18.8. The number of sulfonamides is 1. The molecule has 0 aliphatic carbocycles. The molecule has 0 radical (unpaired) electrons. The standard InChI is InChI=1S/C18H25N3O4S/c1-13-17(14(2)21-20-13)26(22,23)19-12-18(8-10-25-11-9-18)15-6-4-5-7-16(15)24-3/h4-7,19H,8-12H2,1-3H3,(H,20,21). The lowest BCUT2D eigenvalue weighted by molar-refractivity contribution is 0.0509. The number of nitrogens with one attached hydrogen (secondary N) is 2. The molecule has 1 aromatic heterocycles. The van der Waals surface area contributed by atoms with E-state index in [1.807, 2.05) is 24.3 Å². The van der Waals surface area contributed by atoms with Gasteiger partial charge in [0.05, 0.1) is 18.5 Å². The number of benzene rings is 1. The van der Waals surface area contributed by atoms with E-state index in [2.05, 4.69) is 14.9 Å². The van der Waals surface area contributed by atoms with Gasteiger partial charge in [0.2, 0.25) is 10.0 Å². The van der Waals surface area contributed by atoms with Crippen LogP contribution in [0.3, 0.4) is 0 Å². The van der Waals surface area contributed by atoms with Crippen LogP contribution in [0.25, 0.3) is 0 Å². The smallest absolute Gasteiger partial charge is 0.244 e. The summed E-state index contributed by atoms with van der Waals surface area (Å²) in [5.41, 5.74) is 1.64. The van der Waals surface area contributed by atoms with Crippen molar-refractivity contribution in [1.82, 2.24) is 14.9 Å². The number of nitrogens with zero attached hydrogens (tertiary/aromatic N) is 1. The topological polar surface area (TPSA) is 93.3 Å². The van der Waals surface area contributed by atoms with E-state index in [0.29, 0.717) is 24.6 Å². The van der Waals surface area contributed by atoms with Gasteiger partial charge >= 0.3 is 0 Å². The molecule has 2 heterocycles. The molecule has 1 saturated heterocycles. The fourth-order valence-electron chi connectivity index (χ4n) is 3.63. The Morgan fingerprint density at radius 2 is 1.96 bits per heavy atom. The molecule has 1 aliphatic heterocycles. The Balaban J connectivity index is 1.93. The molecule has 142 valence electrons. The number of H-pyrrole nitrogens is 1. The van der Waals surface area contributed by atoms with Crippen LogP contribution in [0.4, 0.5) is 0 Å². The minimum absolute atomic E-state index is 0.222. The minimum atomic E-state index is -3.67. The summed E-state index contributed by atoms with van der Waals surface area (Å²) in [6.07, 6.45) is 1.44. The summed E-state index contributed by atoms with van der Waals surface area (Å²) >= 11 is 0. The van der Waals surface area contributed by atoms with Crippen molar-refractivity contribution in [3.63, 3.8) is 0 Å². The Bertz CT molecular complexity index is 851. The number of aryl methyl sites for hydroxylation is 2. The number of hydrogen-bond donors (Lipinski definition) is 2. The Labute approximate surface area is 154 Å². The Hall–Kier alpha value is -1.90. The SMILES string of the molecule is COc1ccccc1C1(CNS(=O)(=O)c2c(C)n[nH]c2C)CCOCC1. The molecule has 2 aromatic rings. The fraction of sp³-hybridized carbons (Fsp3) is 0.500. The van der Waals surface area contributed by atoms with Gasteiger partial charge in [0.1, 0.15) is 10.6 Å². The molecule has 0 bridgehead atoms. The minimum Gasteiger partial charge on any atom is -0.496 e. The van der Waals surface area contributed by atoms with Gasteiger partial charge in [0.15, 0.2) is 0 Å². The quantitative estimate of drug-likeness (QED) is 0.801. The van der Waals surface area contributed by atoms with E-state index in [1.54, 1.807) is 21.0 Å². The van der Waals surface area contributed by atoms with Gasteiger partial charge in [-0.05, 0) is 32.8 Å². The van der Waals surface area contributed by atoms with Gasteiger partial charge in [-0.2, -0.15) is 5.10 Å². The first-order valence-corrected chi connectivity index (χ1v) is 10.1. The summed E-state index contributed by atoms with van der Waals surface area (Å²) in [4.78, 5) is 0.222. The number of aromatic nitrogens is 2. The number of hydrogen-bond acceptors (Lipinski definition) is 5. The highest BCUT2D eigenvalue weighted by atomic mass is 32.2. The third kappa shape index (κ3) is 3.49. The third-order valence-electron chi connectivity index (χ3n) is 5.06. The Morgan fingerprint density at radius 1 is 1.27 bits per heavy atom. The highest BCUT2D eigenvalue weighted by molar-refractivity contribution is 7.89. The van der Waals surface area contributed by atoms with Crippen LogP contribution in [-0.2, 0) is 20.2 Å². The van der Waals surface area contributed by atoms with Crippen LogP contribution < -0.4 is 9.46 Å². The van der Waals surface area contributed by atoms with Crippen LogP contribution in [-0.4, -0.2) is 45.5 Å². The Kier molecular flexibility index (Phi) is 5.36. The van der Waals surface area contributed by atoms with Gasteiger partial charge in [-0.15, -0.1) is 0 Å². The van der Waals surface area contributed by atoms with Crippen molar-refractivity contribution in [2.45, 2.75) is 37.0 Å². The van der Waals surface area contributed by atoms with E-state index >= 15 is 0 Å². The molecular weight excluding hydrogens is 354 g/mol. The summed E-state index contributed by atoms with van der Waals surface area (Å²) in [6, 6.07) is 7.78. The first kappa shape index (κ1) is 18.9. The zero-order valence-electron chi connectivity index (χ0n) is 15.3. The molecule has 0 atom stereocenters. The molecule has 3 rings (SSSR count). The van der Waals surface area contributed by atoms with E-state index in [0.717, 1.165) is 24.2 Å². The number of ether oxygens (including phenoxy) is 2. The normalized spacial score (nSPS) is 17.2. The predicted molar refractivity (Wildman–Crippen MR) is 98.0 cm³/mol. The summed E-state index contributed by atoms with van der Waals surface area (Å²) in [5, 5.41) is 6.73. The first-order chi connectivity index (χ1) is 12.4. The van der Waals surface area contributed by atoms with Crippen LogP contribution in [0, 0.1) is 13.8 Å². The second-order valence-corrected chi connectivity index (χ2v) is 8.38. The lowest BCUT2D eigenvalue weighted by atomic mass is 9.74. The monoisotopic (exact) mass is 379 g/mol. The second kappa shape index (κ2) is 7.38. The maximum Gasteiger partial charge on any atom is 0.244 e. The van der Waals surface area contributed by atoms with E-state index in [4.69, 9.17) is 9.47 Å². The molecule has 0 spiro atoms. The largest absolute Gasteiger partial charge is 0.496 e. The van der Waals surface area contributed by atoms with Gasteiger partial charge in [0, 0.05) is 30.7 Å². The maximum absolute atomic E-state index is 12.9. The number of aromatic amines is 1. The molecule has 0 amide bonds. The predicted octanol–water partition coefficient (Wildman–Crippen LogP) is 2.06. The summed E-state index contributed by atoms with van der Waals surface area (Å²) < 4.78 is 39.6. The van der Waals surface area contributed by atoms with Gasteiger partial charge in [-0.3, -0.25) is 5.10 Å². The third-order valence-corrected chi connectivity index (χ3v) is 6.72. The van der Waals surface area contributed by atoms with Crippen molar-refractivity contribution in [3.8, 4) is 5.75 Å². The highest BCUT2D eigenvalue weighted by Crippen LogP contribution is 2.39. The lowest BCUT2D eigenvalue weighted by Crippen LogP contribution is -2.44. The highest BCUT2D eigenvalue weighted by Gasteiger charge is 2.38. The fourth-order valence-corrected chi connectivity index (χ4v) is 5.12. The van der Waals surface area contributed by atoms with Crippen LogP contribution in [0.2, 0.25) is 0 Å². The van der Waals surface area contributed by atoms with Crippen LogP contribution in [0.15, 0.2) is 29.2 Å². The lowest BCUT2D eigenvalue weighted by Gasteiger charge is -2.38. The van der Waals surface area contributed by atoms with Gasteiger partial charge in [0.25, 0.3) is 0 Å². The molecule has 7 nitrogen and oxygen atoms in total. The van der Waals surface area contributed by atoms with E-state index in [-0.39, 0.29) is 16.9 Å². The van der Waals surface area contributed by atoms with E-state index in [9.17, 15) is 8.42 Å². The zero-order valence-corrected chi connectivity index (χ0v) is 16.1. The van der Waals surface area contributed by atoms with Crippen molar-refractivity contribution < 1.29 is 17.9 Å². The van der Waals surface area contributed by atoms with Crippen molar-refractivity contribution in [3.05, 3.63) is 41.2 Å². The molecule has 2 N–H and O–H groups in total. The molecule has 8 heteroatoms. The van der Waals surface area contributed by atoms with Crippen molar-refractivity contribution in [2.24, 2.45) is 0 Å². The summed E-state index contributed by atoms with van der Waals surface area (Å²) in [6.45, 7) is 4.84. The maximum atomic E-state index is 12.9. The number of rotatable bonds is 6. The van der Waals surface area contributed by atoms with Gasteiger partial charge < -0.3 is 9.47 Å². The summed E-state index contributed by atoms with van der Waals surface area (Å²) in [7, 11) is -2.04. The molecule has 1 fully saturated rings. The average Bonchev–Trinajstić information content (AvgIpc) is 3.00. The average molecular weight is 379 g/mol. The van der Waals surface area contributed by atoms with Crippen LogP contribution in [0.5, 0.6) is 5.75 Å². The second-order valence-electron chi connectivity index (χ2n) is 6.68. The Morgan fingerprint density at radius 3 is 2.58 bits per heavy atom. The first-order valence-electron chi connectivity index (χ1n) is 8.62. The van der Waals surface area contributed by atoms with Crippen molar-refractivity contribution in [2.75, 3.05) is 26.9 Å². The molecule has 0 unspecified atom stereocenters. The molecule has 26 heavy (non-hydrogen) atoms. The summed E-state index contributed by atoms with van der Waals surface area (Å²) in [5.74, 6) is 0.768. The molecular formula is C18H25N3O4S. The van der Waals surface area contributed by atoms with Crippen LogP contribution in [0.1, 0.15) is 29.8 Å². The molecule has 1 aromatic carbocycles. The van der Waals surface area contributed by atoms with Crippen LogP contribution >= 0.6 is 0 Å². The van der Waals surface area contributed by atoms with Crippen molar-refractivity contribution >= 4 is 10.0 Å². The number of methoxy groups -OCH3 is 1. The van der Waals surface area contributed by atoms with Gasteiger partial charge in [-0.25, -0.2) is 13.1 Å². The van der Waals surface area contributed by atoms with Crippen molar-refractivity contribution in [1.29, 1.82) is 0 Å². The molecule has 1 aliphatic rings. The number of para-hydroxylation sites is 1.